The van der Waals surface area contributed by atoms with Crippen LogP contribution in [0, 0.1) is 0 Å². The second kappa shape index (κ2) is 51.0. The number of carbonyl (C=O) groups excluding carboxylic acids is 3. The first-order chi connectivity index (χ1) is 31.0. The first-order valence-electron chi connectivity index (χ1n) is 25.7. The minimum atomic E-state index is -0.807. The fourth-order valence-electron chi connectivity index (χ4n) is 6.73. The Hall–Kier alpha value is -3.67. The van der Waals surface area contributed by atoms with Crippen LogP contribution in [0.25, 0.3) is 0 Å². The third-order valence-corrected chi connectivity index (χ3v) is 10.6. The van der Waals surface area contributed by atoms with Crippen LogP contribution in [0.4, 0.5) is 0 Å². The molecule has 358 valence electrons. The fourth-order valence-corrected chi connectivity index (χ4v) is 6.73. The minimum absolute atomic E-state index is 0.103. The summed E-state index contributed by atoms with van der Waals surface area (Å²) >= 11 is 0. The molecule has 0 aromatic rings. The number of esters is 3. The van der Waals surface area contributed by atoms with Crippen LogP contribution in [0.1, 0.15) is 226 Å². The Morgan fingerprint density at radius 1 is 0.333 bits per heavy atom. The van der Waals surface area contributed by atoms with E-state index in [1.54, 1.807) is 0 Å². The van der Waals surface area contributed by atoms with Crippen molar-refractivity contribution < 1.29 is 28.6 Å². The van der Waals surface area contributed by atoms with Crippen LogP contribution < -0.4 is 0 Å². The van der Waals surface area contributed by atoms with E-state index in [-0.39, 0.29) is 31.1 Å². The lowest BCUT2D eigenvalue weighted by atomic mass is 10.1. The minimum Gasteiger partial charge on any atom is -0.462 e. The summed E-state index contributed by atoms with van der Waals surface area (Å²) in [5.74, 6) is -0.975. The molecule has 0 heterocycles. The molecule has 0 amide bonds. The highest BCUT2D eigenvalue weighted by atomic mass is 16.6. The Balaban J connectivity index is 4.50. The number of rotatable bonds is 45. The average molecular weight is 875 g/mol. The molecular formula is C57H94O6. The number of allylic oxidation sites excluding steroid dienone is 16. The van der Waals surface area contributed by atoms with Gasteiger partial charge >= 0.3 is 17.9 Å². The molecule has 0 N–H and O–H groups in total. The van der Waals surface area contributed by atoms with Crippen molar-refractivity contribution in [2.24, 2.45) is 0 Å². The SMILES string of the molecule is CC/C=C\C/C=C\C/C=C\C/C=C\CCCCC(=O)OCC(COC(=O)CCCCCCC/C=C\CCCCCCCC)OC(=O)CCCCCCC/C=C\C/C=C\C/C=C\CC. The summed E-state index contributed by atoms with van der Waals surface area (Å²) in [6, 6.07) is 0. The zero-order valence-electron chi connectivity index (χ0n) is 40.8. The fraction of sp³-hybridized carbons (Fsp3) is 0.667. The van der Waals surface area contributed by atoms with Crippen molar-refractivity contribution in [2.45, 2.75) is 232 Å². The lowest BCUT2D eigenvalue weighted by Crippen LogP contribution is -2.30. The Kier molecular flexibility index (Phi) is 48.0. The predicted octanol–water partition coefficient (Wildman–Crippen LogP) is 17.0. The van der Waals surface area contributed by atoms with E-state index in [1.807, 2.05) is 0 Å². The summed E-state index contributed by atoms with van der Waals surface area (Å²) in [6.07, 6.45) is 66.8. The standard InChI is InChI=1S/C57H94O6/c1-4-7-10-13-16-19-22-25-28-31-34-37-40-43-46-49-55(58)61-52-54(63-57(60)51-48-45-42-39-36-33-30-27-24-21-18-15-12-9-6-3)53-62-56(59)50-47-44-41-38-35-32-29-26-23-20-17-14-11-8-5-2/h7,9-10,12,16,18-19,21,25-30,34,37,54H,4-6,8,11,13-15,17,20,22-24,31-33,35-36,38-53H2,1-3H3/b10-7-,12-9-,19-16-,21-18-,28-25-,29-26-,30-27-,37-34-. The van der Waals surface area contributed by atoms with Crippen molar-refractivity contribution in [2.75, 3.05) is 13.2 Å². The van der Waals surface area contributed by atoms with Crippen LogP contribution in [0.2, 0.25) is 0 Å². The van der Waals surface area contributed by atoms with Crippen LogP contribution in [-0.2, 0) is 28.6 Å². The Labute approximate surface area is 387 Å². The van der Waals surface area contributed by atoms with Crippen LogP contribution in [-0.4, -0.2) is 37.2 Å². The molecule has 1 atom stereocenters. The van der Waals surface area contributed by atoms with Gasteiger partial charge in [0.1, 0.15) is 13.2 Å². The Morgan fingerprint density at radius 3 is 1.02 bits per heavy atom. The molecule has 0 aliphatic rings. The highest BCUT2D eigenvalue weighted by molar-refractivity contribution is 5.71. The van der Waals surface area contributed by atoms with Crippen LogP contribution in [0.3, 0.4) is 0 Å². The molecule has 6 heteroatoms. The molecule has 0 aliphatic carbocycles. The molecule has 1 unspecified atom stereocenters. The molecule has 0 fully saturated rings. The molecule has 0 aromatic heterocycles. The summed E-state index contributed by atoms with van der Waals surface area (Å²) in [5, 5.41) is 0. The lowest BCUT2D eigenvalue weighted by molar-refractivity contribution is -0.167. The van der Waals surface area contributed by atoms with Crippen molar-refractivity contribution in [3.05, 3.63) is 97.2 Å². The van der Waals surface area contributed by atoms with Crippen LogP contribution in [0.15, 0.2) is 97.2 Å². The molecule has 0 spiro atoms. The summed E-state index contributed by atoms with van der Waals surface area (Å²) < 4.78 is 16.7. The van der Waals surface area contributed by atoms with Crippen molar-refractivity contribution in [3.63, 3.8) is 0 Å². The number of carbonyl (C=O) groups is 3. The largest absolute Gasteiger partial charge is 0.462 e. The molecule has 6 nitrogen and oxygen atoms in total. The van der Waals surface area contributed by atoms with Crippen molar-refractivity contribution in [3.8, 4) is 0 Å². The molecule has 0 radical (unpaired) electrons. The molecular weight excluding hydrogens is 781 g/mol. The maximum atomic E-state index is 12.8. The highest BCUT2D eigenvalue weighted by Crippen LogP contribution is 2.13. The van der Waals surface area contributed by atoms with Gasteiger partial charge in [-0.2, -0.15) is 0 Å². The highest BCUT2D eigenvalue weighted by Gasteiger charge is 2.19. The Bertz CT molecular complexity index is 1280. The normalized spacial score (nSPS) is 12.9. The molecule has 0 saturated heterocycles. The summed E-state index contributed by atoms with van der Waals surface area (Å²) in [4.78, 5) is 38.0. The van der Waals surface area contributed by atoms with E-state index in [2.05, 4.69) is 118 Å². The molecule has 63 heavy (non-hydrogen) atoms. The first-order valence-corrected chi connectivity index (χ1v) is 25.7. The monoisotopic (exact) mass is 875 g/mol. The van der Waals surface area contributed by atoms with Gasteiger partial charge in [-0.3, -0.25) is 14.4 Å². The maximum Gasteiger partial charge on any atom is 0.306 e. The van der Waals surface area contributed by atoms with Gasteiger partial charge in [0.2, 0.25) is 0 Å². The quantitative estimate of drug-likeness (QED) is 0.0262. The Morgan fingerprint density at radius 2 is 0.619 bits per heavy atom. The molecule has 0 aromatic carbocycles. The zero-order chi connectivity index (χ0) is 45.8. The number of ether oxygens (including phenoxy) is 3. The summed E-state index contributed by atoms with van der Waals surface area (Å²) in [7, 11) is 0. The smallest absolute Gasteiger partial charge is 0.306 e. The predicted molar refractivity (Wildman–Crippen MR) is 270 cm³/mol. The second-order valence-electron chi connectivity index (χ2n) is 16.7. The average Bonchev–Trinajstić information content (AvgIpc) is 3.28. The van der Waals surface area contributed by atoms with Gasteiger partial charge in [0.25, 0.3) is 0 Å². The van der Waals surface area contributed by atoms with Crippen LogP contribution >= 0.6 is 0 Å². The maximum absolute atomic E-state index is 12.8. The first kappa shape index (κ1) is 59.3. The van der Waals surface area contributed by atoms with E-state index in [4.69, 9.17) is 14.2 Å². The van der Waals surface area contributed by atoms with Gasteiger partial charge in [0.05, 0.1) is 0 Å². The van der Waals surface area contributed by atoms with Gasteiger partial charge in [-0.1, -0.05) is 189 Å². The van der Waals surface area contributed by atoms with E-state index < -0.39 is 6.10 Å². The molecule has 0 rings (SSSR count). The molecule has 0 aliphatic heterocycles. The van der Waals surface area contributed by atoms with Gasteiger partial charge in [0.15, 0.2) is 6.10 Å². The van der Waals surface area contributed by atoms with Crippen molar-refractivity contribution in [1.82, 2.24) is 0 Å². The van der Waals surface area contributed by atoms with E-state index in [0.717, 1.165) is 135 Å². The number of unbranched alkanes of at least 4 members (excludes halogenated alkanes) is 18. The zero-order valence-corrected chi connectivity index (χ0v) is 40.8. The molecule has 0 bridgehead atoms. The van der Waals surface area contributed by atoms with Gasteiger partial charge in [-0.25, -0.2) is 0 Å². The number of hydrogen-bond donors (Lipinski definition) is 0. The molecule has 0 saturated carbocycles. The van der Waals surface area contributed by atoms with Gasteiger partial charge in [-0.15, -0.1) is 0 Å². The van der Waals surface area contributed by atoms with Crippen molar-refractivity contribution >= 4 is 17.9 Å². The lowest BCUT2D eigenvalue weighted by Gasteiger charge is -2.18. The van der Waals surface area contributed by atoms with Gasteiger partial charge in [0, 0.05) is 19.3 Å². The van der Waals surface area contributed by atoms with E-state index >= 15 is 0 Å². The van der Waals surface area contributed by atoms with Gasteiger partial charge < -0.3 is 14.2 Å². The third kappa shape index (κ3) is 49.2. The second-order valence-corrected chi connectivity index (χ2v) is 16.7. The summed E-state index contributed by atoms with van der Waals surface area (Å²) in [6.45, 7) is 6.34. The van der Waals surface area contributed by atoms with E-state index in [0.29, 0.717) is 19.3 Å². The van der Waals surface area contributed by atoms with E-state index in [9.17, 15) is 14.4 Å². The topological polar surface area (TPSA) is 78.9 Å². The van der Waals surface area contributed by atoms with Crippen LogP contribution in [0.5, 0.6) is 0 Å². The number of hydrogen-bond acceptors (Lipinski definition) is 6. The third-order valence-electron chi connectivity index (χ3n) is 10.6. The van der Waals surface area contributed by atoms with E-state index in [1.165, 1.54) is 51.4 Å². The van der Waals surface area contributed by atoms with Crippen molar-refractivity contribution in [1.29, 1.82) is 0 Å². The van der Waals surface area contributed by atoms with Gasteiger partial charge in [-0.05, 0) is 116 Å². The summed E-state index contributed by atoms with van der Waals surface area (Å²) in [5.41, 5.74) is 0.